The number of carbonyl (C=O) groups excluding carboxylic acids is 2. The quantitative estimate of drug-likeness (QED) is 0.418. The number of alkyl halides is 1. The molecule has 9 heteroatoms. The molecule has 4 N–H and O–H groups in total. The van der Waals surface area contributed by atoms with Crippen LogP contribution in [0.4, 0.5) is 4.39 Å². The molecule has 33 heavy (non-hydrogen) atoms. The van der Waals surface area contributed by atoms with Gasteiger partial charge in [-0.1, -0.05) is 49.7 Å². The Bertz CT molecular complexity index is 929. The van der Waals surface area contributed by atoms with Crippen molar-refractivity contribution in [2.45, 2.75) is 56.9 Å². The lowest BCUT2D eigenvalue weighted by Crippen LogP contribution is -2.61. The van der Waals surface area contributed by atoms with Gasteiger partial charge < -0.3 is 21.1 Å². The van der Waals surface area contributed by atoms with Gasteiger partial charge in [-0.3, -0.25) is 14.6 Å². The van der Waals surface area contributed by atoms with Crippen LogP contribution >= 0.6 is 0 Å². The summed E-state index contributed by atoms with van der Waals surface area (Å²) in [5.74, 6) is -6.02. The number of hydrogen-bond acceptors (Lipinski definition) is 5. The molecular formula is C24H31FN4O4. The second kappa shape index (κ2) is 12.1. The summed E-state index contributed by atoms with van der Waals surface area (Å²) in [5.41, 5.74) is 7.34. The number of unbranched alkanes of at least 4 members (excludes halogenated alkanes) is 1. The van der Waals surface area contributed by atoms with Gasteiger partial charge in [-0.2, -0.15) is 0 Å². The summed E-state index contributed by atoms with van der Waals surface area (Å²) in [6.07, 6.45) is 3.72. The number of rotatable bonds is 12. The average molecular weight is 459 g/mol. The zero-order chi connectivity index (χ0) is 24.4. The van der Waals surface area contributed by atoms with E-state index >= 15 is 4.39 Å². The van der Waals surface area contributed by atoms with E-state index in [0.29, 0.717) is 18.4 Å². The SMILES string of the molecule is CCCC[C@](F)(NC(=O)[C@@H](N)Cc1ccccc1)C(=O)N(C)[C@@H](Cc1cccnc1)C(=O)O. The minimum absolute atomic E-state index is 0.0588. The second-order valence-corrected chi connectivity index (χ2v) is 8.03. The van der Waals surface area contributed by atoms with E-state index in [1.54, 1.807) is 42.6 Å². The van der Waals surface area contributed by atoms with E-state index in [2.05, 4.69) is 10.3 Å². The van der Waals surface area contributed by atoms with E-state index in [1.807, 2.05) is 13.0 Å². The van der Waals surface area contributed by atoms with Crippen molar-refractivity contribution in [2.75, 3.05) is 7.05 Å². The molecule has 2 amide bonds. The summed E-state index contributed by atoms with van der Waals surface area (Å²) in [5, 5.41) is 11.8. The Morgan fingerprint density at radius 1 is 1.15 bits per heavy atom. The first-order chi connectivity index (χ1) is 15.7. The molecule has 0 unspecified atom stereocenters. The van der Waals surface area contributed by atoms with Gasteiger partial charge in [0.15, 0.2) is 0 Å². The normalized spacial score (nSPS) is 14.5. The van der Waals surface area contributed by atoms with Crippen LogP contribution in [0, 0.1) is 0 Å². The van der Waals surface area contributed by atoms with Crippen molar-refractivity contribution in [1.29, 1.82) is 0 Å². The van der Waals surface area contributed by atoms with Crippen LogP contribution in [-0.2, 0) is 27.2 Å². The van der Waals surface area contributed by atoms with Crippen molar-refractivity contribution in [2.24, 2.45) is 5.73 Å². The number of pyridine rings is 1. The van der Waals surface area contributed by atoms with Crippen molar-refractivity contribution in [3.63, 3.8) is 0 Å². The van der Waals surface area contributed by atoms with Crippen molar-refractivity contribution in [3.05, 3.63) is 66.0 Å². The molecule has 0 saturated carbocycles. The molecule has 2 rings (SSSR count). The number of likely N-dealkylation sites (N-methyl/N-ethyl adjacent to an activating group) is 1. The van der Waals surface area contributed by atoms with E-state index < -0.39 is 35.7 Å². The molecule has 2 aromatic rings. The zero-order valence-electron chi connectivity index (χ0n) is 18.9. The van der Waals surface area contributed by atoms with Crippen LogP contribution in [-0.4, -0.2) is 57.7 Å². The number of nitrogens with one attached hydrogen (secondary N) is 1. The van der Waals surface area contributed by atoms with E-state index in [0.717, 1.165) is 10.5 Å². The third-order valence-electron chi connectivity index (χ3n) is 5.40. The summed E-state index contributed by atoms with van der Waals surface area (Å²) >= 11 is 0. The number of benzene rings is 1. The summed E-state index contributed by atoms with van der Waals surface area (Å²) in [6, 6.07) is 9.91. The molecule has 0 bridgehead atoms. The Balaban J connectivity index is 2.19. The summed E-state index contributed by atoms with van der Waals surface area (Å²) < 4.78 is 16.0. The molecule has 0 aliphatic rings. The molecule has 3 atom stereocenters. The van der Waals surface area contributed by atoms with Crippen molar-refractivity contribution in [3.8, 4) is 0 Å². The van der Waals surface area contributed by atoms with Crippen LogP contribution < -0.4 is 11.1 Å². The number of nitrogens with zero attached hydrogens (tertiary/aromatic N) is 2. The van der Waals surface area contributed by atoms with E-state index in [4.69, 9.17) is 5.73 Å². The van der Waals surface area contributed by atoms with Crippen LogP contribution in [0.15, 0.2) is 54.9 Å². The van der Waals surface area contributed by atoms with Crippen LogP contribution in [0.25, 0.3) is 0 Å². The Morgan fingerprint density at radius 3 is 2.39 bits per heavy atom. The Kier molecular flexibility index (Phi) is 9.47. The van der Waals surface area contributed by atoms with Gasteiger partial charge in [0, 0.05) is 32.3 Å². The van der Waals surface area contributed by atoms with Gasteiger partial charge >= 0.3 is 5.97 Å². The maximum Gasteiger partial charge on any atom is 0.326 e. The number of carbonyl (C=O) groups is 3. The highest BCUT2D eigenvalue weighted by molar-refractivity contribution is 5.93. The number of amides is 2. The third-order valence-corrected chi connectivity index (χ3v) is 5.40. The fraction of sp³-hybridized carbons (Fsp3) is 0.417. The van der Waals surface area contributed by atoms with Gasteiger partial charge in [0.25, 0.3) is 11.7 Å². The minimum atomic E-state index is -2.78. The molecule has 0 saturated heterocycles. The Morgan fingerprint density at radius 2 is 1.82 bits per heavy atom. The minimum Gasteiger partial charge on any atom is -0.480 e. The fourth-order valence-electron chi connectivity index (χ4n) is 3.45. The summed E-state index contributed by atoms with van der Waals surface area (Å²) in [7, 11) is 1.22. The topological polar surface area (TPSA) is 126 Å². The van der Waals surface area contributed by atoms with Crippen LogP contribution in [0.1, 0.15) is 37.3 Å². The molecule has 0 aliphatic carbocycles. The predicted molar refractivity (Wildman–Crippen MR) is 122 cm³/mol. The highest BCUT2D eigenvalue weighted by Crippen LogP contribution is 2.22. The smallest absolute Gasteiger partial charge is 0.326 e. The molecule has 0 fully saturated rings. The Hall–Kier alpha value is -3.33. The zero-order valence-corrected chi connectivity index (χ0v) is 18.9. The van der Waals surface area contributed by atoms with Gasteiger partial charge in [-0.15, -0.1) is 0 Å². The van der Waals surface area contributed by atoms with Gasteiger partial charge in [0.2, 0.25) is 5.91 Å². The first-order valence-electron chi connectivity index (χ1n) is 10.9. The fourth-order valence-corrected chi connectivity index (χ4v) is 3.45. The first kappa shape index (κ1) is 25.9. The van der Waals surface area contributed by atoms with E-state index in [1.165, 1.54) is 13.2 Å². The monoisotopic (exact) mass is 458 g/mol. The van der Waals surface area contributed by atoms with E-state index in [-0.39, 0.29) is 19.3 Å². The number of halogens is 1. The number of aromatic nitrogens is 1. The molecule has 0 aliphatic heterocycles. The maximum absolute atomic E-state index is 16.0. The number of aliphatic carboxylic acids is 1. The summed E-state index contributed by atoms with van der Waals surface area (Å²) in [4.78, 5) is 42.5. The number of carboxylic acids is 1. The van der Waals surface area contributed by atoms with Gasteiger partial charge in [0.05, 0.1) is 6.04 Å². The van der Waals surface area contributed by atoms with Crippen molar-refractivity contribution in [1.82, 2.24) is 15.2 Å². The van der Waals surface area contributed by atoms with Gasteiger partial charge in [0.1, 0.15) is 6.04 Å². The molecule has 0 radical (unpaired) electrons. The number of nitrogens with two attached hydrogens (primary N) is 1. The first-order valence-corrected chi connectivity index (χ1v) is 10.9. The predicted octanol–water partition coefficient (Wildman–Crippen LogP) is 2.08. The lowest BCUT2D eigenvalue weighted by Gasteiger charge is -2.33. The highest BCUT2D eigenvalue weighted by Gasteiger charge is 2.45. The average Bonchev–Trinajstić information content (AvgIpc) is 2.81. The highest BCUT2D eigenvalue weighted by atomic mass is 19.1. The van der Waals surface area contributed by atoms with Gasteiger partial charge in [-0.25, -0.2) is 9.18 Å². The maximum atomic E-state index is 16.0. The van der Waals surface area contributed by atoms with E-state index in [9.17, 15) is 19.5 Å². The molecule has 8 nitrogen and oxygen atoms in total. The standard InChI is InChI=1S/C24H31FN4O4/c1-3-4-12-24(25,28-21(30)19(26)14-17-9-6-5-7-10-17)23(33)29(2)20(22(31)32)15-18-11-8-13-27-16-18/h5-11,13,16,19-20H,3-4,12,14-15,26H2,1-2H3,(H,28,30)(H,31,32)/t19-,20-,24-/m0/s1. The lowest BCUT2D eigenvalue weighted by molar-refractivity contribution is -0.158. The molecule has 1 aromatic heterocycles. The molecular weight excluding hydrogens is 427 g/mol. The number of hydrogen-bond donors (Lipinski definition) is 3. The van der Waals surface area contributed by atoms with Crippen molar-refractivity contribution >= 4 is 17.8 Å². The molecule has 1 heterocycles. The van der Waals surface area contributed by atoms with Crippen molar-refractivity contribution < 1.29 is 23.9 Å². The largest absolute Gasteiger partial charge is 0.480 e. The molecule has 178 valence electrons. The third kappa shape index (κ3) is 7.35. The summed E-state index contributed by atoms with van der Waals surface area (Å²) in [6.45, 7) is 1.82. The number of carboxylic acid groups (broad SMARTS) is 1. The lowest BCUT2D eigenvalue weighted by atomic mass is 10.0. The molecule has 0 spiro atoms. The Labute approximate surface area is 193 Å². The molecule has 1 aromatic carbocycles. The van der Waals surface area contributed by atoms with Gasteiger partial charge in [-0.05, 0) is 30.0 Å². The van der Waals surface area contributed by atoms with Crippen LogP contribution in [0.3, 0.4) is 0 Å². The van der Waals surface area contributed by atoms with Crippen LogP contribution in [0.2, 0.25) is 0 Å². The second-order valence-electron chi connectivity index (χ2n) is 8.03. The van der Waals surface area contributed by atoms with Crippen LogP contribution in [0.5, 0.6) is 0 Å².